The second-order valence-electron chi connectivity index (χ2n) is 6.15. The summed E-state index contributed by atoms with van der Waals surface area (Å²) in [5.41, 5.74) is 7.84. The third-order valence-electron chi connectivity index (χ3n) is 4.45. The Hall–Kier alpha value is -2.63. The second-order valence-corrected chi connectivity index (χ2v) is 6.15. The molecule has 0 spiro atoms. The van der Waals surface area contributed by atoms with Gasteiger partial charge in [0.15, 0.2) is 0 Å². The molecular formula is C17H18N4O2. The van der Waals surface area contributed by atoms with Gasteiger partial charge >= 0.3 is 0 Å². The van der Waals surface area contributed by atoms with E-state index in [1.807, 2.05) is 6.07 Å². The second kappa shape index (κ2) is 5.22. The van der Waals surface area contributed by atoms with Crippen molar-refractivity contribution in [3.63, 3.8) is 0 Å². The number of nitrogen functional groups attached to an aromatic ring is 1. The molecule has 2 aliphatic rings. The molecule has 0 saturated heterocycles. The molecule has 6 nitrogen and oxygen atoms in total. The number of carbonyl (C=O) groups excluding carboxylic acids is 1. The van der Waals surface area contributed by atoms with E-state index in [2.05, 4.69) is 9.97 Å². The van der Waals surface area contributed by atoms with Crippen LogP contribution >= 0.6 is 0 Å². The van der Waals surface area contributed by atoms with E-state index in [-0.39, 0.29) is 17.5 Å². The highest BCUT2D eigenvalue weighted by atomic mass is 16.3. The number of rotatable bonds is 2. The first-order valence-electron chi connectivity index (χ1n) is 7.90. The van der Waals surface area contributed by atoms with E-state index >= 15 is 0 Å². The van der Waals surface area contributed by atoms with E-state index < -0.39 is 0 Å². The highest BCUT2D eigenvalue weighted by molar-refractivity contribution is 6.09. The van der Waals surface area contributed by atoms with Crippen LogP contribution in [-0.2, 0) is 6.42 Å². The number of carbonyl (C=O) groups is 1. The Bertz CT molecular complexity index is 786. The minimum atomic E-state index is -0.257. The molecule has 0 atom stereocenters. The predicted molar refractivity (Wildman–Crippen MR) is 86.5 cm³/mol. The van der Waals surface area contributed by atoms with Crippen LogP contribution < -0.4 is 10.6 Å². The number of anilines is 2. The lowest BCUT2D eigenvalue weighted by molar-refractivity contribution is 0.0984. The zero-order chi connectivity index (χ0) is 16.0. The number of nitrogens with zero attached hydrogens (tertiary/aromatic N) is 3. The number of benzene rings is 1. The molecule has 4 rings (SSSR count). The average Bonchev–Trinajstić information content (AvgIpc) is 3.39. The summed E-state index contributed by atoms with van der Waals surface area (Å²) in [6, 6.07) is 5.33. The molecule has 1 aromatic carbocycles. The summed E-state index contributed by atoms with van der Waals surface area (Å²) in [6.07, 6.45) is 5.38. The van der Waals surface area contributed by atoms with Crippen molar-refractivity contribution in [2.24, 2.45) is 0 Å². The summed E-state index contributed by atoms with van der Waals surface area (Å²) in [5.74, 6) is 1.19. The summed E-state index contributed by atoms with van der Waals surface area (Å²) in [4.78, 5) is 23.1. The van der Waals surface area contributed by atoms with Gasteiger partial charge < -0.3 is 15.7 Å². The Kier molecular flexibility index (Phi) is 3.18. The Balaban J connectivity index is 1.71. The van der Waals surface area contributed by atoms with Crippen LogP contribution in [0.5, 0.6) is 5.75 Å². The lowest BCUT2D eigenvalue weighted by atomic mass is 10.0. The first kappa shape index (κ1) is 14.0. The summed E-state index contributed by atoms with van der Waals surface area (Å²) in [5, 5.41) is 10.2. The van der Waals surface area contributed by atoms with Gasteiger partial charge in [-0.05, 0) is 37.3 Å². The van der Waals surface area contributed by atoms with Crippen LogP contribution in [0.4, 0.5) is 11.5 Å². The quantitative estimate of drug-likeness (QED) is 0.887. The Morgan fingerprint density at radius 2 is 2.17 bits per heavy atom. The van der Waals surface area contributed by atoms with Crippen LogP contribution in [0, 0.1) is 0 Å². The van der Waals surface area contributed by atoms with Gasteiger partial charge in [0.25, 0.3) is 5.91 Å². The topological polar surface area (TPSA) is 92.3 Å². The molecule has 2 aromatic rings. The van der Waals surface area contributed by atoms with Crippen molar-refractivity contribution in [2.75, 3.05) is 17.2 Å². The molecule has 0 bridgehead atoms. The van der Waals surface area contributed by atoms with Crippen LogP contribution in [0.25, 0.3) is 0 Å². The van der Waals surface area contributed by atoms with Crippen molar-refractivity contribution >= 4 is 17.4 Å². The SMILES string of the molecule is Nc1nc(C2CC2)ncc1C(=O)N1CCCc2cccc(O)c21. The monoisotopic (exact) mass is 310 g/mol. The van der Waals surface area contributed by atoms with Crippen molar-refractivity contribution in [2.45, 2.75) is 31.6 Å². The smallest absolute Gasteiger partial charge is 0.263 e. The normalized spacial score (nSPS) is 17.0. The molecule has 23 heavy (non-hydrogen) atoms. The summed E-state index contributed by atoms with van der Waals surface area (Å²) in [6.45, 7) is 0.549. The summed E-state index contributed by atoms with van der Waals surface area (Å²) >= 11 is 0. The van der Waals surface area contributed by atoms with Crippen molar-refractivity contribution in [1.82, 2.24) is 9.97 Å². The van der Waals surface area contributed by atoms with Crippen LogP contribution in [0.1, 0.15) is 46.9 Å². The van der Waals surface area contributed by atoms with Crippen molar-refractivity contribution in [1.29, 1.82) is 0 Å². The fourth-order valence-corrected chi connectivity index (χ4v) is 3.09. The number of amides is 1. The maximum absolute atomic E-state index is 12.9. The van der Waals surface area contributed by atoms with Crippen LogP contribution in [-0.4, -0.2) is 27.5 Å². The number of phenols is 1. The van der Waals surface area contributed by atoms with Gasteiger partial charge in [0.2, 0.25) is 0 Å². The molecular weight excluding hydrogens is 292 g/mol. The van der Waals surface area contributed by atoms with Crippen molar-refractivity contribution in [3.05, 3.63) is 41.3 Å². The third kappa shape index (κ3) is 2.40. The average molecular weight is 310 g/mol. The number of hydrogen-bond donors (Lipinski definition) is 2. The highest BCUT2D eigenvalue weighted by Crippen LogP contribution is 2.39. The molecule has 0 unspecified atom stereocenters. The number of hydrogen-bond acceptors (Lipinski definition) is 5. The van der Waals surface area contributed by atoms with E-state index in [4.69, 9.17) is 5.73 Å². The molecule has 1 aromatic heterocycles. The highest BCUT2D eigenvalue weighted by Gasteiger charge is 2.30. The molecule has 1 amide bonds. The van der Waals surface area contributed by atoms with Gasteiger partial charge in [0.1, 0.15) is 23.0 Å². The van der Waals surface area contributed by atoms with Gasteiger partial charge in [-0.25, -0.2) is 9.97 Å². The van der Waals surface area contributed by atoms with Crippen LogP contribution in [0.3, 0.4) is 0 Å². The van der Waals surface area contributed by atoms with E-state index in [1.54, 1.807) is 17.0 Å². The molecule has 1 aliphatic carbocycles. The van der Waals surface area contributed by atoms with Crippen molar-refractivity contribution < 1.29 is 9.90 Å². The molecule has 6 heteroatoms. The molecule has 0 radical (unpaired) electrons. The molecule has 1 saturated carbocycles. The maximum Gasteiger partial charge on any atom is 0.263 e. The Morgan fingerprint density at radius 1 is 1.35 bits per heavy atom. The largest absolute Gasteiger partial charge is 0.506 e. The van der Waals surface area contributed by atoms with Gasteiger partial charge in [0, 0.05) is 18.7 Å². The third-order valence-corrected chi connectivity index (χ3v) is 4.45. The Morgan fingerprint density at radius 3 is 2.91 bits per heavy atom. The van der Waals surface area contributed by atoms with E-state index in [1.165, 1.54) is 6.20 Å². The number of aromatic nitrogens is 2. The number of aryl methyl sites for hydroxylation is 1. The Labute approximate surface area is 134 Å². The number of para-hydroxylation sites is 1. The van der Waals surface area contributed by atoms with E-state index in [0.717, 1.165) is 37.1 Å². The number of fused-ring (bicyclic) bond motifs is 1. The molecule has 1 aliphatic heterocycles. The van der Waals surface area contributed by atoms with Crippen molar-refractivity contribution in [3.8, 4) is 5.75 Å². The first-order valence-corrected chi connectivity index (χ1v) is 7.90. The minimum Gasteiger partial charge on any atom is -0.506 e. The van der Waals surface area contributed by atoms with Gasteiger partial charge in [-0.1, -0.05) is 12.1 Å². The molecule has 3 N–H and O–H groups in total. The number of aromatic hydroxyl groups is 1. The zero-order valence-corrected chi connectivity index (χ0v) is 12.7. The predicted octanol–water partition coefficient (Wildman–Crippen LogP) is 2.23. The maximum atomic E-state index is 12.9. The number of nitrogens with two attached hydrogens (primary N) is 1. The zero-order valence-electron chi connectivity index (χ0n) is 12.7. The molecule has 2 heterocycles. The van der Waals surface area contributed by atoms with Crippen LogP contribution in [0.15, 0.2) is 24.4 Å². The standard InChI is InChI=1S/C17H18N4O2/c18-15-12(9-19-16(20-15)11-6-7-11)17(23)21-8-2-4-10-3-1-5-13(22)14(10)21/h1,3,5,9,11,22H,2,4,6-8H2,(H2,18,19,20). The molecule has 118 valence electrons. The van der Waals surface area contributed by atoms with Crippen LogP contribution in [0.2, 0.25) is 0 Å². The van der Waals surface area contributed by atoms with Gasteiger partial charge in [-0.3, -0.25) is 4.79 Å². The molecule has 1 fully saturated rings. The lowest BCUT2D eigenvalue weighted by Crippen LogP contribution is -2.36. The summed E-state index contributed by atoms with van der Waals surface area (Å²) < 4.78 is 0. The summed E-state index contributed by atoms with van der Waals surface area (Å²) in [7, 11) is 0. The van der Waals surface area contributed by atoms with E-state index in [9.17, 15) is 9.90 Å². The first-order chi connectivity index (χ1) is 11.1. The number of phenolic OH excluding ortho intramolecular Hbond substituents is 1. The van der Waals surface area contributed by atoms with Gasteiger partial charge in [-0.2, -0.15) is 0 Å². The van der Waals surface area contributed by atoms with Gasteiger partial charge in [0.05, 0.1) is 5.69 Å². The fraction of sp³-hybridized carbons (Fsp3) is 0.353. The fourth-order valence-electron chi connectivity index (χ4n) is 3.09. The van der Waals surface area contributed by atoms with Gasteiger partial charge in [-0.15, -0.1) is 0 Å². The lowest BCUT2D eigenvalue weighted by Gasteiger charge is -2.30. The van der Waals surface area contributed by atoms with E-state index in [0.29, 0.717) is 23.7 Å². The minimum absolute atomic E-state index is 0.115.